The van der Waals surface area contributed by atoms with Crippen LogP contribution in [-0.2, 0) is 0 Å². The Morgan fingerprint density at radius 3 is 2.38 bits per heavy atom. The number of guanidine groups is 2. The third-order valence-corrected chi connectivity index (χ3v) is 6.43. The van der Waals surface area contributed by atoms with E-state index in [1.807, 2.05) is 29.2 Å². The van der Waals surface area contributed by atoms with E-state index in [1.165, 1.54) is 32.1 Å². The minimum atomic E-state index is -0.549. The average Bonchev–Trinajstić information content (AvgIpc) is 2.97. The molecule has 0 radical (unpaired) electrons. The standard InChI is InChI=1S/C22H32N6O/c23-20-26-21(24)28(22(27-20)14-8-3-9-15-22)18-13-7-6-12-17(18)19(29)25-16-10-4-1-2-5-11-16/h6-7,12-13,16H,1-5,8-11,14-15H2,(H,25,29)(H4,23,24,26,27). The Balaban J connectivity index is 1.66. The smallest absolute Gasteiger partial charge is 0.253 e. The lowest BCUT2D eigenvalue weighted by Gasteiger charge is -2.46. The number of carbonyl (C=O) groups is 1. The summed E-state index contributed by atoms with van der Waals surface area (Å²) in [7, 11) is 0. The summed E-state index contributed by atoms with van der Waals surface area (Å²) in [6.07, 6.45) is 11.9. The Bertz CT molecular complexity index is 803. The van der Waals surface area contributed by atoms with Crippen molar-refractivity contribution in [2.75, 3.05) is 4.90 Å². The lowest BCUT2D eigenvalue weighted by molar-refractivity contribution is 0.0933. The van der Waals surface area contributed by atoms with Gasteiger partial charge in [0, 0.05) is 6.04 Å². The third kappa shape index (κ3) is 4.09. The van der Waals surface area contributed by atoms with Crippen LogP contribution < -0.4 is 21.7 Å². The Labute approximate surface area is 172 Å². The van der Waals surface area contributed by atoms with Gasteiger partial charge < -0.3 is 16.8 Å². The molecule has 7 heteroatoms. The van der Waals surface area contributed by atoms with E-state index in [9.17, 15) is 4.79 Å². The minimum Gasteiger partial charge on any atom is -0.369 e. The van der Waals surface area contributed by atoms with Crippen LogP contribution in [0.5, 0.6) is 0 Å². The average molecular weight is 397 g/mol. The van der Waals surface area contributed by atoms with Gasteiger partial charge in [0.05, 0.1) is 11.3 Å². The Kier molecular flexibility index (Phi) is 5.74. The van der Waals surface area contributed by atoms with Gasteiger partial charge in [0.25, 0.3) is 5.91 Å². The van der Waals surface area contributed by atoms with Crippen LogP contribution in [0, 0.1) is 0 Å². The number of hydrogen-bond acceptors (Lipinski definition) is 6. The molecule has 1 amide bonds. The second kappa shape index (κ2) is 8.43. The topological polar surface area (TPSA) is 109 Å². The minimum absolute atomic E-state index is 0.0474. The maximum Gasteiger partial charge on any atom is 0.253 e. The molecular weight excluding hydrogens is 364 g/mol. The number of para-hydroxylation sites is 1. The van der Waals surface area contributed by atoms with Crippen LogP contribution in [0.25, 0.3) is 0 Å². The predicted octanol–water partition coefficient (Wildman–Crippen LogP) is 3.25. The summed E-state index contributed by atoms with van der Waals surface area (Å²) < 4.78 is 0. The second-order valence-electron chi connectivity index (χ2n) is 8.50. The molecule has 3 aliphatic rings. The molecule has 1 aromatic carbocycles. The van der Waals surface area contributed by atoms with Crippen LogP contribution in [0.2, 0.25) is 0 Å². The molecule has 7 nitrogen and oxygen atoms in total. The lowest BCUT2D eigenvalue weighted by Crippen LogP contribution is -2.58. The molecular formula is C22H32N6O. The number of amides is 1. The van der Waals surface area contributed by atoms with Crippen molar-refractivity contribution in [3.05, 3.63) is 29.8 Å². The summed E-state index contributed by atoms with van der Waals surface area (Å²) in [5, 5.41) is 3.26. The second-order valence-corrected chi connectivity index (χ2v) is 8.50. The van der Waals surface area contributed by atoms with E-state index in [4.69, 9.17) is 16.5 Å². The van der Waals surface area contributed by atoms with Crippen LogP contribution in [0.1, 0.15) is 81.0 Å². The number of rotatable bonds is 3. The predicted molar refractivity (Wildman–Crippen MR) is 117 cm³/mol. The molecule has 4 rings (SSSR count). The highest BCUT2D eigenvalue weighted by molar-refractivity contribution is 6.10. The first-order valence-electron chi connectivity index (χ1n) is 11.0. The Morgan fingerprint density at radius 2 is 1.66 bits per heavy atom. The zero-order valence-corrected chi connectivity index (χ0v) is 17.1. The van der Waals surface area contributed by atoms with E-state index >= 15 is 0 Å². The van der Waals surface area contributed by atoms with Gasteiger partial charge in [0.1, 0.15) is 5.66 Å². The summed E-state index contributed by atoms with van der Waals surface area (Å²) in [4.78, 5) is 24.2. The first kappa shape index (κ1) is 19.7. The molecule has 0 bridgehead atoms. The van der Waals surface area contributed by atoms with Gasteiger partial charge in [-0.2, -0.15) is 4.99 Å². The first-order chi connectivity index (χ1) is 14.1. The molecule has 2 aliphatic carbocycles. The van der Waals surface area contributed by atoms with Gasteiger partial charge in [-0.3, -0.25) is 9.69 Å². The number of carbonyl (C=O) groups excluding carboxylic acids is 1. The number of nitrogens with zero attached hydrogens (tertiary/aromatic N) is 3. The molecule has 0 atom stereocenters. The van der Waals surface area contributed by atoms with Gasteiger partial charge in [0.2, 0.25) is 11.9 Å². The fourth-order valence-corrected chi connectivity index (χ4v) is 5.02. The maximum atomic E-state index is 13.3. The van der Waals surface area contributed by atoms with Gasteiger partial charge in [-0.25, -0.2) is 4.99 Å². The molecule has 1 aromatic rings. The number of hydrogen-bond donors (Lipinski definition) is 3. The first-order valence-corrected chi connectivity index (χ1v) is 11.0. The highest BCUT2D eigenvalue weighted by atomic mass is 16.1. The van der Waals surface area contributed by atoms with Gasteiger partial charge >= 0.3 is 0 Å². The molecule has 1 aliphatic heterocycles. The zero-order valence-electron chi connectivity index (χ0n) is 17.1. The molecule has 29 heavy (non-hydrogen) atoms. The summed E-state index contributed by atoms with van der Waals surface area (Å²) in [6.45, 7) is 0. The van der Waals surface area contributed by atoms with E-state index in [2.05, 4.69) is 10.3 Å². The molecule has 2 saturated carbocycles. The summed E-state index contributed by atoms with van der Waals surface area (Å²) in [5.41, 5.74) is 13.2. The third-order valence-electron chi connectivity index (χ3n) is 6.43. The summed E-state index contributed by atoms with van der Waals surface area (Å²) in [5.74, 6) is 0.490. The van der Waals surface area contributed by atoms with Crippen molar-refractivity contribution >= 4 is 23.5 Å². The number of aliphatic imine (C=N–C) groups is 2. The largest absolute Gasteiger partial charge is 0.369 e. The van der Waals surface area contributed by atoms with Crippen LogP contribution in [0.4, 0.5) is 5.69 Å². The number of anilines is 1. The maximum absolute atomic E-state index is 13.3. The number of nitrogens with one attached hydrogen (secondary N) is 1. The van der Waals surface area contributed by atoms with Crippen molar-refractivity contribution in [2.24, 2.45) is 21.5 Å². The number of benzene rings is 1. The van der Waals surface area contributed by atoms with Crippen LogP contribution >= 0.6 is 0 Å². The Hall–Kier alpha value is -2.57. The Morgan fingerprint density at radius 1 is 1.00 bits per heavy atom. The van der Waals surface area contributed by atoms with Gasteiger partial charge in [-0.15, -0.1) is 0 Å². The van der Waals surface area contributed by atoms with Crippen molar-refractivity contribution in [2.45, 2.75) is 82.3 Å². The van der Waals surface area contributed by atoms with E-state index < -0.39 is 5.66 Å². The molecule has 0 saturated heterocycles. The quantitative estimate of drug-likeness (QED) is 0.681. The fraction of sp³-hybridized carbons (Fsp3) is 0.591. The molecule has 5 N–H and O–H groups in total. The summed E-state index contributed by atoms with van der Waals surface area (Å²) >= 11 is 0. The van der Waals surface area contributed by atoms with E-state index in [-0.39, 0.29) is 17.9 Å². The fourth-order valence-electron chi connectivity index (χ4n) is 5.02. The normalized spacial score (nSPS) is 22.6. The molecule has 0 unspecified atom stereocenters. The molecule has 0 aromatic heterocycles. The molecule has 1 spiro atoms. The monoisotopic (exact) mass is 396 g/mol. The van der Waals surface area contributed by atoms with E-state index in [0.29, 0.717) is 11.5 Å². The van der Waals surface area contributed by atoms with Crippen LogP contribution in [0.15, 0.2) is 34.3 Å². The van der Waals surface area contributed by atoms with Crippen molar-refractivity contribution in [1.82, 2.24) is 5.32 Å². The van der Waals surface area contributed by atoms with Crippen molar-refractivity contribution in [3.63, 3.8) is 0 Å². The lowest BCUT2D eigenvalue weighted by atomic mass is 9.87. The highest BCUT2D eigenvalue weighted by Gasteiger charge is 2.43. The molecule has 2 fully saturated rings. The van der Waals surface area contributed by atoms with E-state index in [1.54, 1.807) is 0 Å². The van der Waals surface area contributed by atoms with Gasteiger partial charge in [-0.05, 0) is 50.7 Å². The van der Waals surface area contributed by atoms with Gasteiger partial charge in [-0.1, -0.05) is 44.2 Å². The molecule has 156 valence electrons. The van der Waals surface area contributed by atoms with Crippen molar-refractivity contribution < 1.29 is 4.79 Å². The van der Waals surface area contributed by atoms with Crippen LogP contribution in [-0.4, -0.2) is 29.5 Å². The van der Waals surface area contributed by atoms with Crippen LogP contribution in [0.3, 0.4) is 0 Å². The zero-order chi connectivity index (χ0) is 20.3. The summed E-state index contributed by atoms with van der Waals surface area (Å²) in [6, 6.07) is 7.88. The van der Waals surface area contributed by atoms with E-state index in [0.717, 1.165) is 44.2 Å². The van der Waals surface area contributed by atoms with Crippen molar-refractivity contribution in [3.8, 4) is 0 Å². The SMILES string of the molecule is NC1=NC2(CCCCC2)N(c2ccccc2C(=O)NC2CCCCCC2)C(N)=N1. The number of nitrogens with two attached hydrogens (primary N) is 2. The van der Waals surface area contributed by atoms with Gasteiger partial charge in [0.15, 0.2) is 0 Å². The molecule has 1 heterocycles. The highest BCUT2D eigenvalue weighted by Crippen LogP contribution is 2.40. The van der Waals surface area contributed by atoms with Crippen molar-refractivity contribution in [1.29, 1.82) is 0 Å².